The first kappa shape index (κ1) is 13.1. The number of thiophene rings is 1. The van der Waals surface area contributed by atoms with E-state index in [9.17, 15) is 14.7 Å². The number of nitrogen functional groups attached to an aromatic ring is 1. The molecule has 0 spiro atoms. The molecule has 0 aliphatic heterocycles. The topological polar surface area (TPSA) is 118 Å². The van der Waals surface area contributed by atoms with Gasteiger partial charge in [-0.2, -0.15) is 0 Å². The van der Waals surface area contributed by atoms with E-state index in [1.165, 1.54) is 18.2 Å². The normalized spacial score (nSPS) is 10.2. The minimum absolute atomic E-state index is 0.121. The number of phenolic OH excluding ortho intramolecular Hbond substituents is 1. The van der Waals surface area contributed by atoms with Crippen LogP contribution in [0.2, 0.25) is 0 Å². The maximum absolute atomic E-state index is 11.6. The molecule has 2 amide bonds. The second kappa shape index (κ2) is 5.09. The Hall–Kier alpha value is -2.38. The van der Waals surface area contributed by atoms with Crippen LogP contribution in [0.3, 0.4) is 0 Å². The highest BCUT2D eigenvalue weighted by atomic mass is 32.1. The van der Waals surface area contributed by atoms with Crippen LogP contribution < -0.4 is 17.0 Å². The van der Waals surface area contributed by atoms with Gasteiger partial charge in [0.25, 0.3) is 5.91 Å². The van der Waals surface area contributed by atoms with Crippen molar-refractivity contribution in [3.63, 3.8) is 0 Å². The van der Waals surface area contributed by atoms with Gasteiger partial charge in [-0.05, 0) is 35.9 Å². The fourth-order valence-electron chi connectivity index (χ4n) is 1.58. The van der Waals surface area contributed by atoms with E-state index in [0.29, 0.717) is 4.88 Å². The summed E-state index contributed by atoms with van der Waals surface area (Å²) in [6, 6.07) is 7.92. The molecule has 0 atom stereocenters. The molecule has 1 aromatic carbocycles. The SMILES string of the molecule is NNC(=O)c1sc(-c2ccc(O)cc2)cc1C(N)=O. The lowest BCUT2D eigenvalue weighted by molar-refractivity contribution is 0.0940. The van der Waals surface area contributed by atoms with Crippen LogP contribution in [0, 0.1) is 0 Å². The van der Waals surface area contributed by atoms with Gasteiger partial charge >= 0.3 is 0 Å². The number of primary amides is 1. The van der Waals surface area contributed by atoms with Crippen LogP contribution >= 0.6 is 11.3 Å². The van der Waals surface area contributed by atoms with E-state index < -0.39 is 11.8 Å². The minimum atomic E-state index is -0.695. The average molecular weight is 277 g/mol. The van der Waals surface area contributed by atoms with Gasteiger partial charge in [-0.1, -0.05) is 0 Å². The minimum Gasteiger partial charge on any atom is -0.508 e. The lowest BCUT2D eigenvalue weighted by atomic mass is 10.1. The molecule has 19 heavy (non-hydrogen) atoms. The average Bonchev–Trinajstić information content (AvgIpc) is 2.84. The van der Waals surface area contributed by atoms with Crippen molar-refractivity contribution in [3.8, 4) is 16.2 Å². The molecule has 6 N–H and O–H groups in total. The number of carbonyl (C=O) groups is 2. The lowest BCUT2D eigenvalue weighted by Crippen LogP contribution is -2.31. The summed E-state index contributed by atoms with van der Waals surface area (Å²) in [6.45, 7) is 0. The van der Waals surface area contributed by atoms with Crippen molar-refractivity contribution in [2.24, 2.45) is 11.6 Å². The van der Waals surface area contributed by atoms with Gasteiger partial charge in [0, 0.05) is 4.88 Å². The largest absolute Gasteiger partial charge is 0.508 e. The summed E-state index contributed by atoms with van der Waals surface area (Å²) in [5, 5.41) is 9.23. The predicted octanol–water partition coefficient (Wildman–Crippen LogP) is 0.823. The Labute approximate surface area is 112 Å². The zero-order valence-corrected chi connectivity index (χ0v) is 10.5. The third-order valence-corrected chi connectivity index (χ3v) is 3.67. The van der Waals surface area contributed by atoms with Crippen molar-refractivity contribution in [3.05, 3.63) is 40.8 Å². The van der Waals surface area contributed by atoms with Crippen LogP contribution in [0.25, 0.3) is 10.4 Å². The number of hydrogen-bond donors (Lipinski definition) is 4. The molecule has 98 valence electrons. The van der Waals surface area contributed by atoms with Crippen LogP contribution in [0.15, 0.2) is 30.3 Å². The van der Waals surface area contributed by atoms with E-state index in [2.05, 4.69) is 0 Å². The highest BCUT2D eigenvalue weighted by Gasteiger charge is 2.19. The first-order chi connectivity index (χ1) is 9.02. The van der Waals surface area contributed by atoms with Crippen LogP contribution in [-0.4, -0.2) is 16.9 Å². The van der Waals surface area contributed by atoms with Crippen molar-refractivity contribution in [2.75, 3.05) is 0 Å². The molecule has 0 aliphatic carbocycles. The lowest BCUT2D eigenvalue weighted by Gasteiger charge is -1.97. The molecule has 0 radical (unpaired) electrons. The summed E-state index contributed by atoms with van der Waals surface area (Å²) >= 11 is 1.10. The first-order valence-corrected chi connectivity index (χ1v) is 6.08. The molecule has 2 rings (SSSR count). The number of amides is 2. The molecule has 6 nitrogen and oxygen atoms in total. The zero-order valence-electron chi connectivity index (χ0n) is 9.71. The Balaban J connectivity index is 2.51. The number of rotatable bonds is 3. The Morgan fingerprint density at radius 1 is 1.21 bits per heavy atom. The van der Waals surface area contributed by atoms with Crippen molar-refractivity contribution in [1.82, 2.24) is 5.43 Å². The molecule has 0 aliphatic rings. The van der Waals surface area contributed by atoms with Gasteiger partial charge in [-0.3, -0.25) is 15.0 Å². The van der Waals surface area contributed by atoms with Gasteiger partial charge in [-0.15, -0.1) is 11.3 Å². The molecule has 0 unspecified atom stereocenters. The summed E-state index contributed by atoms with van der Waals surface area (Å²) in [5.41, 5.74) is 8.09. The Morgan fingerprint density at radius 2 is 1.84 bits per heavy atom. The van der Waals surface area contributed by atoms with Crippen molar-refractivity contribution in [2.45, 2.75) is 0 Å². The van der Waals surface area contributed by atoms with E-state index in [0.717, 1.165) is 16.9 Å². The molecule has 1 aromatic heterocycles. The van der Waals surface area contributed by atoms with Crippen LogP contribution in [0.5, 0.6) is 5.75 Å². The molecular formula is C12H11N3O3S. The summed E-state index contributed by atoms with van der Waals surface area (Å²) in [4.78, 5) is 23.7. The van der Waals surface area contributed by atoms with Gasteiger partial charge < -0.3 is 10.8 Å². The van der Waals surface area contributed by atoms with E-state index >= 15 is 0 Å². The molecule has 7 heteroatoms. The van der Waals surface area contributed by atoms with Gasteiger partial charge in [0.15, 0.2) is 0 Å². The molecule has 0 bridgehead atoms. The highest BCUT2D eigenvalue weighted by molar-refractivity contribution is 7.17. The Bertz CT molecular complexity index is 634. The summed E-state index contributed by atoms with van der Waals surface area (Å²) in [6.07, 6.45) is 0. The van der Waals surface area contributed by atoms with E-state index in [1.807, 2.05) is 5.43 Å². The molecule has 1 heterocycles. The van der Waals surface area contributed by atoms with Gasteiger partial charge in [0.05, 0.1) is 5.56 Å². The Kier molecular flexibility index (Phi) is 3.50. The molecule has 0 fully saturated rings. The predicted molar refractivity (Wildman–Crippen MR) is 71.6 cm³/mol. The number of aromatic hydroxyl groups is 1. The number of hydrogen-bond acceptors (Lipinski definition) is 5. The number of nitrogens with two attached hydrogens (primary N) is 2. The van der Waals surface area contributed by atoms with E-state index in [-0.39, 0.29) is 16.2 Å². The van der Waals surface area contributed by atoms with Gasteiger partial charge in [0.2, 0.25) is 5.91 Å². The van der Waals surface area contributed by atoms with Crippen LogP contribution in [0.4, 0.5) is 0 Å². The van der Waals surface area contributed by atoms with Gasteiger partial charge in [-0.25, -0.2) is 5.84 Å². The maximum atomic E-state index is 11.6. The van der Waals surface area contributed by atoms with E-state index in [4.69, 9.17) is 11.6 Å². The molecule has 2 aromatic rings. The smallest absolute Gasteiger partial charge is 0.276 e. The number of carbonyl (C=O) groups excluding carboxylic acids is 2. The standard InChI is InChI=1S/C12H11N3O3S/c13-11(17)8-5-9(19-10(8)12(18)15-14)6-1-3-7(16)4-2-6/h1-5,16H,14H2,(H2,13,17)(H,15,18). The van der Waals surface area contributed by atoms with Crippen molar-refractivity contribution in [1.29, 1.82) is 0 Å². The maximum Gasteiger partial charge on any atom is 0.276 e. The summed E-state index contributed by atoms with van der Waals surface area (Å²) in [7, 11) is 0. The quantitative estimate of drug-likeness (QED) is 0.377. The molecule has 0 saturated heterocycles. The van der Waals surface area contributed by atoms with Crippen molar-refractivity contribution < 1.29 is 14.7 Å². The van der Waals surface area contributed by atoms with E-state index in [1.54, 1.807) is 12.1 Å². The number of phenols is 1. The van der Waals surface area contributed by atoms with Gasteiger partial charge in [0.1, 0.15) is 10.6 Å². The van der Waals surface area contributed by atoms with Crippen molar-refractivity contribution >= 4 is 23.2 Å². The second-order valence-electron chi connectivity index (χ2n) is 3.74. The van der Waals surface area contributed by atoms with Crippen LogP contribution in [0.1, 0.15) is 20.0 Å². The summed E-state index contributed by atoms with van der Waals surface area (Å²) in [5.74, 6) is 3.94. The third kappa shape index (κ3) is 2.56. The third-order valence-electron chi connectivity index (χ3n) is 2.49. The molecule has 0 saturated carbocycles. The number of benzene rings is 1. The fraction of sp³-hybridized carbons (Fsp3) is 0. The number of nitrogens with one attached hydrogen (secondary N) is 1. The van der Waals surface area contributed by atoms with Crippen LogP contribution in [-0.2, 0) is 0 Å². The highest BCUT2D eigenvalue weighted by Crippen LogP contribution is 2.32. The molecular weight excluding hydrogens is 266 g/mol. The number of hydrazine groups is 1. The first-order valence-electron chi connectivity index (χ1n) is 5.27. The monoisotopic (exact) mass is 277 g/mol. The Morgan fingerprint density at radius 3 is 2.37 bits per heavy atom. The summed E-state index contributed by atoms with van der Waals surface area (Å²) < 4.78 is 0. The second-order valence-corrected chi connectivity index (χ2v) is 4.79. The fourth-order valence-corrected chi connectivity index (χ4v) is 2.65. The zero-order chi connectivity index (χ0) is 14.0.